The Kier molecular flexibility index (Phi) is 6.48. The number of benzene rings is 8. The minimum atomic E-state index is -0.186. The van der Waals surface area contributed by atoms with Gasteiger partial charge < -0.3 is 14.1 Å². The van der Waals surface area contributed by atoms with E-state index in [1.807, 2.05) is 0 Å². The molecule has 0 bridgehead atoms. The van der Waals surface area contributed by atoms with Gasteiger partial charge in [0.15, 0.2) is 0 Å². The fraction of sp³-hybridized carbons (Fsp3) is 0.132. The Balaban J connectivity index is 1.28. The largest absolute Gasteiger partial charge is 0.456 e. The highest BCUT2D eigenvalue weighted by atomic mass is 16.3. The summed E-state index contributed by atoms with van der Waals surface area (Å²) in [5, 5.41) is 4.78. The molecule has 0 saturated heterocycles. The van der Waals surface area contributed by atoms with E-state index in [1.54, 1.807) is 0 Å². The molecule has 272 valence electrons. The summed E-state index contributed by atoms with van der Waals surface area (Å²) in [5.41, 5.74) is 19.4. The molecule has 0 amide bonds. The third-order valence-corrected chi connectivity index (χ3v) is 13.1. The highest BCUT2D eigenvalue weighted by Gasteiger charge is 2.50. The Labute approximate surface area is 333 Å². The van der Waals surface area contributed by atoms with Crippen molar-refractivity contribution in [3.63, 3.8) is 0 Å². The molecule has 0 radical (unpaired) electrons. The lowest BCUT2D eigenvalue weighted by molar-refractivity contribution is 0.590. The second-order valence-corrected chi connectivity index (χ2v) is 17.7. The van der Waals surface area contributed by atoms with Gasteiger partial charge in [0.25, 0.3) is 0 Å². The molecule has 4 heteroatoms. The maximum atomic E-state index is 6.75. The van der Waals surface area contributed by atoms with Crippen molar-refractivity contribution in [2.45, 2.75) is 45.4 Å². The minimum Gasteiger partial charge on any atom is -0.456 e. The van der Waals surface area contributed by atoms with Crippen molar-refractivity contribution in [2.75, 3.05) is 9.71 Å². The molecule has 9 aromatic rings. The Morgan fingerprint density at radius 2 is 1.28 bits per heavy atom. The lowest BCUT2D eigenvalue weighted by Crippen LogP contribution is -2.63. The van der Waals surface area contributed by atoms with Gasteiger partial charge >= 0.3 is 6.85 Å². The van der Waals surface area contributed by atoms with Crippen molar-refractivity contribution in [3.8, 4) is 22.3 Å². The van der Waals surface area contributed by atoms with E-state index < -0.39 is 0 Å². The fourth-order valence-corrected chi connectivity index (χ4v) is 10.4. The molecule has 0 spiro atoms. The number of hydrogen-bond donors (Lipinski definition) is 0. The first-order chi connectivity index (χ1) is 27.7. The molecule has 0 N–H and O–H groups in total. The zero-order valence-electron chi connectivity index (χ0n) is 32.9. The molecule has 0 aliphatic carbocycles. The van der Waals surface area contributed by atoms with E-state index in [1.165, 1.54) is 89.1 Å². The average molecular weight is 733 g/mol. The number of para-hydroxylation sites is 3. The summed E-state index contributed by atoms with van der Waals surface area (Å²) in [6.45, 7) is 11.6. The maximum Gasteiger partial charge on any atom is 0.333 e. The second kappa shape index (κ2) is 11.3. The van der Waals surface area contributed by atoms with Gasteiger partial charge in [0.1, 0.15) is 11.2 Å². The normalized spacial score (nSPS) is 14.8. The number of anilines is 5. The van der Waals surface area contributed by atoms with Gasteiger partial charge in [-0.25, -0.2) is 0 Å². The predicted molar refractivity (Wildman–Crippen MR) is 241 cm³/mol. The van der Waals surface area contributed by atoms with Gasteiger partial charge in [0.05, 0.1) is 5.69 Å². The van der Waals surface area contributed by atoms with Crippen molar-refractivity contribution in [1.82, 2.24) is 0 Å². The summed E-state index contributed by atoms with van der Waals surface area (Å²) in [5.74, 6) is 0. The molecule has 0 saturated carbocycles. The Morgan fingerprint density at radius 3 is 2.12 bits per heavy atom. The third kappa shape index (κ3) is 4.39. The van der Waals surface area contributed by atoms with Crippen LogP contribution in [-0.4, -0.2) is 6.85 Å². The summed E-state index contributed by atoms with van der Waals surface area (Å²) >= 11 is 0. The molecule has 1 aromatic heterocycles. The molecule has 3 aliphatic heterocycles. The van der Waals surface area contributed by atoms with E-state index >= 15 is 0 Å². The van der Waals surface area contributed by atoms with Crippen LogP contribution in [0.15, 0.2) is 162 Å². The standard InChI is InChI=1S/C53H41BN2O/c1-52(2,3)34-26-27-43(38(29-34)32-16-7-6-8-17-32)55-45-30-39-36-20-11-14-25-47(36)57-48(39)31-42(45)54-50-46(55)28-33-18-9-10-19-35(33)49(50)37-21-15-23-41-51(37)56(54)44-24-13-12-22-40(44)53(41,4)5/h6-31H,1-5H3. The van der Waals surface area contributed by atoms with E-state index in [0.717, 1.165) is 21.9 Å². The monoisotopic (exact) mass is 732 g/mol. The van der Waals surface area contributed by atoms with Gasteiger partial charge in [-0.05, 0) is 97.4 Å². The van der Waals surface area contributed by atoms with Crippen LogP contribution in [-0.2, 0) is 10.8 Å². The Hall–Kier alpha value is -6.52. The van der Waals surface area contributed by atoms with Crippen molar-refractivity contribution in [1.29, 1.82) is 0 Å². The van der Waals surface area contributed by atoms with E-state index in [2.05, 4.69) is 202 Å². The smallest absolute Gasteiger partial charge is 0.333 e. The zero-order chi connectivity index (χ0) is 38.4. The topological polar surface area (TPSA) is 19.6 Å². The summed E-state index contributed by atoms with van der Waals surface area (Å²) in [6.07, 6.45) is 0. The molecule has 0 fully saturated rings. The van der Waals surface area contributed by atoms with E-state index in [0.29, 0.717) is 0 Å². The van der Waals surface area contributed by atoms with Gasteiger partial charge in [0, 0.05) is 50.1 Å². The highest BCUT2D eigenvalue weighted by molar-refractivity contribution is 6.94. The van der Waals surface area contributed by atoms with Crippen LogP contribution in [0.2, 0.25) is 0 Å². The van der Waals surface area contributed by atoms with Crippen molar-refractivity contribution < 1.29 is 4.42 Å². The molecular formula is C53H41BN2O. The zero-order valence-corrected chi connectivity index (χ0v) is 32.9. The van der Waals surface area contributed by atoms with Crippen LogP contribution in [0.1, 0.15) is 51.3 Å². The second-order valence-electron chi connectivity index (χ2n) is 17.7. The molecule has 57 heavy (non-hydrogen) atoms. The lowest BCUT2D eigenvalue weighted by atomic mass is 9.42. The first-order valence-corrected chi connectivity index (χ1v) is 20.2. The highest BCUT2D eigenvalue weighted by Crippen LogP contribution is 2.57. The van der Waals surface area contributed by atoms with E-state index in [4.69, 9.17) is 4.42 Å². The van der Waals surface area contributed by atoms with Crippen LogP contribution in [0.5, 0.6) is 0 Å². The molecular weight excluding hydrogens is 691 g/mol. The molecule has 3 nitrogen and oxygen atoms in total. The van der Waals surface area contributed by atoms with E-state index in [9.17, 15) is 0 Å². The summed E-state index contributed by atoms with van der Waals surface area (Å²) < 4.78 is 6.75. The number of nitrogens with zero attached hydrogens (tertiary/aromatic N) is 2. The summed E-state index contributed by atoms with van der Waals surface area (Å²) in [4.78, 5) is 5.26. The van der Waals surface area contributed by atoms with Gasteiger partial charge in [0.2, 0.25) is 0 Å². The molecule has 4 heterocycles. The Bertz CT molecular complexity index is 3170. The van der Waals surface area contributed by atoms with Crippen molar-refractivity contribution in [2.24, 2.45) is 0 Å². The van der Waals surface area contributed by atoms with Crippen LogP contribution in [0.3, 0.4) is 0 Å². The number of fused-ring (bicyclic) bond motifs is 11. The summed E-state index contributed by atoms with van der Waals surface area (Å²) in [6, 6.07) is 58.9. The molecule has 0 unspecified atom stereocenters. The average Bonchev–Trinajstić information content (AvgIpc) is 3.59. The maximum absolute atomic E-state index is 6.75. The van der Waals surface area contributed by atoms with E-state index in [-0.39, 0.29) is 17.7 Å². The fourth-order valence-electron chi connectivity index (χ4n) is 10.4. The van der Waals surface area contributed by atoms with Gasteiger partial charge in [-0.2, -0.15) is 0 Å². The molecule has 0 atom stereocenters. The first-order valence-electron chi connectivity index (χ1n) is 20.2. The lowest BCUT2D eigenvalue weighted by Gasteiger charge is -2.51. The van der Waals surface area contributed by atoms with Crippen LogP contribution in [0.25, 0.3) is 55.0 Å². The molecule has 8 aromatic carbocycles. The Morgan fingerprint density at radius 1 is 0.544 bits per heavy atom. The van der Waals surface area contributed by atoms with Gasteiger partial charge in [-0.3, -0.25) is 0 Å². The van der Waals surface area contributed by atoms with Crippen LogP contribution >= 0.6 is 0 Å². The van der Waals surface area contributed by atoms with Gasteiger partial charge in [-0.15, -0.1) is 0 Å². The van der Waals surface area contributed by atoms with Crippen molar-refractivity contribution >= 4 is 78.9 Å². The van der Waals surface area contributed by atoms with Crippen LogP contribution in [0, 0.1) is 0 Å². The molecule has 12 rings (SSSR count). The predicted octanol–water partition coefficient (Wildman–Crippen LogP) is 13.1. The van der Waals surface area contributed by atoms with Crippen LogP contribution in [0.4, 0.5) is 28.4 Å². The summed E-state index contributed by atoms with van der Waals surface area (Å²) in [7, 11) is 0. The molecule has 3 aliphatic rings. The SMILES string of the molecule is CC(C)(C)c1ccc(N2c3cc4c(cc3B3c5c2cc2ccccc2c5-c2cccc5c2N3c2ccccc2C5(C)C)oc2ccccc24)c(-c2ccccc2)c1. The quantitative estimate of drug-likeness (QED) is 0.165. The number of hydrogen-bond acceptors (Lipinski definition) is 3. The number of rotatable bonds is 2. The first kappa shape index (κ1) is 32.7. The third-order valence-electron chi connectivity index (χ3n) is 13.1. The van der Waals surface area contributed by atoms with Crippen molar-refractivity contribution in [3.05, 3.63) is 174 Å². The van der Waals surface area contributed by atoms with Crippen LogP contribution < -0.4 is 20.6 Å². The number of furan rings is 1. The minimum absolute atomic E-state index is 0.0200. The van der Waals surface area contributed by atoms with Gasteiger partial charge in [-0.1, -0.05) is 150 Å².